The standard InChI is InChI=1S/C17H18BrF3O2/c1-5-6-10-11(17(10,3)4)16(22)23-7-9-12(18)13(19)8(2)14(20)15(9)21/h5-6,10-11H,7H2,1-4H3/b6-5-. The van der Waals surface area contributed by atoms with E-state index in [0.717, 1.165) is 6.92 Å². The zero-order valence-corrected chi connectivity index (χ0v) is 14.9. The van der Waals surface area contributed by atoms with Gasteiger partial charge in [-0.2, -0.15) is 0 Å². The van der Waals surface area contributed by atoms with Gasteiger partial charge in [0.2, 0.25) is 0 Å². The number of halogens is 4. The Hall–Kier alpha value is -1.30. The minimum atomic E-state index is -1.27. The van der Waals surface area contributed by atoms with Crippen LogP contribution in [0.4, 0.5) is 13.2 Å². The Labute approximate surface area is 141 Å². The van der Waals surface area contributed by atoms with E-state index in [4.69, 9.17) is 4.74 Å². The third-order valence-corrected chi connectivity index (χ3v) is 5.32. The van der Waals surface area contributed by atoms with Gasteiger partial charge < -0.3 is 4.74 Å². The molecule has 1 fully saturated rings. The van der Waals surface area contributed by atoms with Crippen molar-refractivity contribution in [2.45, 2.75) is 34.3 Å². The second kappa shape index (κ2) is 6.30. The van der Waals surface area contributed by atoms with Crippen LogP contribution in [0.1, 0.15) is 31.9 Å². The molecular formula is C17H18BrF3O2. The fourth-order valence-corrected chi connectivity index (χ4v) is 3.43. The van der Waals surface area contributed by atoms with Crippen LogP contribution < -0.4 is 0 Å². The Morgan fingerprint density at radius 3 is 2.43 bits per heavy atom. The SMILES string of the molecule is C/C=C\C1C(C(=O)OCc2c(F)c(F)c(C)c(F)c2Br)C1(C)C. The molecule has 2 atom stereocenters. The highest BCUT2D eigenvalue weighted by atomic mass is 79.9. The minimum absolute atomic E-state index is 0.0553. The number of carbonyl (C=O) groups excluding carboxylic acids is 1. The molecule has 6 heteroatoms. The van der Waals surface area contributed by atoms with Crippen LogP contribution in [0.2, 0.25) is 0 Å². The van der Waals surface area contributed by atoms with E-state index in [1.54, 1.807) is 0 Å². The second-order valence-electron chi connectivity index (χ2n) is 6.32. The summed E-state index contributed by atoms with van der Waals surface area (Å²) >= 11 is 2.89. The topological polar surface area (TPSA) is 26.3 Å². The van der Waals surface area contributed by atoms with Crippen LogP contribution in [-0.4, -0.2) is 5.97 Å². The molecule has 0 aliphatic heterocycles. The van der Waals surface area contributed by atoms with Gasteiger partial charge in [0.1, 0.15) is 12.4 Å². The van der Waals surface area contributed by atoms with Crippen molar-refractivity contribution in [1.29, 1.82) is 0 Å². The van der Waals surface area contributed by atoms with Crippen LogP contribution in [0.3, 0.4) is 0 Å². The number of hydrogen-bond acceptors (Lipinski definition) is 2. The maximum absolute atomic E-state index is 13.9. The Balaban J connectivity index is 2.15. The Morgan fingerprint density at radius 1 is 1.26 bits per heavy atom. The molecule has 1 saturated carbocycles. The summed E-state index contributed by atoms with van der Waals surface area (Å²) in [5, 5.41) is 0. The molecule has 0 aromatic heterocycles. The quantitative estimate of drug-likeness (QED) is 0.407. The lowest BCUT2D eigenvalue weighted by molar-refractivity contribution is -0.147. The zero-order valence-electron chi connectivity index (χ0n) is 13.3. The van der Waals surface area contributed by atoms with Gasteiger partial charge in [0, 0.05) is 11.1 Å². The number of esters is 1. The summed E-state index contributed by atoms with van der Waals surface area (Å²) in [5.74, 6) is -4.14. The number of hydrogen-bond donors (Lipinski definition) is 0. The molecule has 1 aliphatic carbocycles. The highest BCUT2D eigenvalue weighted by molar-refractivity contribution is 9.10. The Bertz CT molecular complexity index is 654. The molecule has 0 heterocycles. The van der Waals surface area contributed by atoms with Crippen LogP contribution in [0.5, 0.6) is 0 Å². The van der Waals surface area contributed by atoms with Crippen LogP contribution >= 0.6 is 15.9 Å². The summed E-state index contributed by atoms with van der Waals surface area (Å²) in [4.78, 5) is 12.2. The van der Waals surface area contributed by atoms with Crippen molar-refractivity contribution >= 4 is 21.9 Å². The van der Waals surface area contributed by atoms with E-state index in [2.05, 4.69) is 15.9 Å². The van der Waals surface area contributed by atoms with E-state index in [1.165, 1.54) is 0 Å². The first-order chi connectivity index (χ1) is 10.6. The van der Waals surface area contributed by atoms with E-state index in [0.29, 0.717) is 0 Å². The summed E-state index contributed by atoms with van der Waals surface area (Å²) in [7, 11) is 0. The zero-order chi connectivity index (χ0) is 17.5. The highest BCUT2D eigenvalue weighted by Gasteiger charge is 2.61. The lowest BCUT2D eigenvalue weighted by Gasteiger charge is -2.12. The maximum Gasteiger partial charge on any atom is 0.310 e. The monoisotopic (exact) mass is 390 g/mol. The van der Waals surface area contributed by atoms with Crippen molar-refractivity contribution in [3.63, 3.8) is 0 Å². The van der Waals surface area contributed by atoms with E-state index in [9.17, 15) is 18.0 Å². The molecule has 1 aliphatic rings. The molecule has 1 aromatic rings. The maximum atomic E-state index is 13.9. The molecule has 0 N–H and O–H groups in total. The van der Waals surface area contributed by atoms with Crippen molar-refractivity contribution in [3.8, 4) is 0 Å². The van der Waals surface area contributed by atoms with Crippen molar-refractivity contribution < 1.29 is 22.7 Å². The molecule has 2 unspecified atom stereocenters. The molecule has 0 bridgehead atoms. The normalized spacial score (nSPS) is 22.4. The fraction of sp³-hybridized carbons (Fsp3) is 0.471. The number of benzene rings is 1. The van der Waals surface area contributed by atoms with Crippen LogP contribution in [0, 0.1) is 41.6 Å². The number of rotatable bonds is 4. The van der Waals surface area contributed by atoms with Crippen molar-refractivity contribution in [3.05, 3.63) is 45.2 Å². The summed E-state index contributed by atoms with van der Waals surface area (Å²) in [5.41, 5.74) is -0.982. The fourth-order valence-electron chi connectivity index (χ4n) is 2.84. The minimum Gasteiger partial charge on any atom is -0.460 e. The molecule has 0 spiro atoms. The summed E-state index contributed by atoms with van der Waals surface area (Å²) in [6.07, 6.45) is 3.79. The van der Waals surface area contributed by atoms with E-state index in [1.807, 2.05) is 32.9 Å². The van der Waals surface area contributed by atoms with E-state index >= 15 is 0 Å². The summed E-state index contributed by atoms with van der Waals surface area (Å²) in [6.45, 7) is 6.36. The smallest absolute Gasteiger partial charge is 0.310 e. The number of allylic oxidation sites excluding steroid dienone is 2. The van der Waals surface area contributed by atoms with Crippen LogP contribution in [-0.2, 0) is 16.1 Å². The average molecular weight is 391 g/mol. The summed E-state index contributed by atoms with van der Waals surface area (Å²) in [6, 6.07) is 0. The second-order valence-corrected chi connectivity index (χ2v) is 7.11. The molecule has 23 heavy (non-hydrogen) atoms. The number of ether oxygens (including phenoxy) is 1. The first-order valence-electron chi connectivity index (χ1n) is 7.25. The van der Waals surface area contributed by atoms with Crippen molar-refractivity contribution in [2.24, 2.45) is 17.3 Å². The molecular weight excluding hydrogens is 373 g/mol. The van der Waals surface area contributed by atoms with E-state index < -0.39 is 35.6 Å². The molecule has 0 radical (unpaired) electrons. The van der Waals surface area contributed by atoms with Gasteiger partial charge in [-0.25, -0.2) is 13.2 Å². The van der Waals surface area contributed by atoms with Gasteiger partial charge in [-0.3, -0.25) is 4.79 Å². The average Bonchev–Trinajstić information content (AvgIpc) is 3.04. The predicted octanol–water partition coefficient (Wildman–Crippen LogP) is 5.07. The molecule has 0 amide bonds. The van der Waals surface area contributed by atoms with Crippen molar-refractivity contribution in [2.75, 3.05) is 0 Å². The van der Waals surface area contributed by atoms with Gasteiger partial charge in [0.15, 0.2) is 11.6 Å². The van der Waals surface area contributed by atoms with Gasteiger partial charge in [-0.05, 0) is 41.1 Å². The van der Waals surface area contributed by atoms with Crippen LogP contribution in [0.25, 0.3) is 0 Å². The molecule has 2 rings (SSSR count). The van der Waals surface area contributed by atoms with Crippen molar-refractivity contribution in [1.82, 2.24) is 0 Å². The van der Waals surface area contributed by atoms with Gasteiger partial charge in [-0.1, -0.05) is 26.0 Å². The molecule has 126 valence electrons. The lowest BCUT2D eigenvalue weighted by atomic mass is 10.1. The van der Waals surface area contributed by atoms with Gasteiger partial charge in [-0.15, -0.1) is 0 Å². The molecule has 1 aromatic carbocycles. The highest BCUT2D eigenvalue weighted by Crippen LogP contribution is 2.59. The first kappa shape index (κ1) is 18.0. The molecule has 2 nitrogen and oxygen atoms in total. The number of carbonyl (C=O) groups is 1. The predicted molar refractivity (Wildman–Crippen MR) is 84.1 cm³/mol. The van der Waals surface area contributed by atoms with Crippen LogP contribution in [0.15, 0.2) is 16.6 Å². The van der Waals surface area contributed by atoms with Gasteiger partial charge in [0.25, 0.3) is 0 Å². The summed E-state index contributed by atoms with van der Waals surface area (Å²) < 4.78 is 46.3. The lowest BCUT2D eigenvalue weighted by Crippen LogP contribution is -2.13. The third-order valence-electron chi connectivity index (χ3n) is 4.50. The Morgan fingerprint density at radius 2 is 1.87 bits per heavy atom. The largest absolute Gasteiger partial charge is 0.460 e. The van der Waals surface area contributed by atoms with Gasteiger partial charge >= 0.3 is 5.97 Å². The Kier molecular flexibility index (Phi) is 4.95. The first-order valence-corrected chi connectivity index (χ1v) is 8.04. The van der Waals surface area contributed by atoms with Gasteiger partial charge in [0.05, 0.1) is 10.4 Å². The van der Waals surface area contributed by atoms with E-state index in [-0.39, 0.29) is 27.3 Å². The third kappa shape index (κ3) is 3.05. The molecule has 0 saturated heterocycles.